The molecule has 146 valence electrons. The normalized spacial score (nSPS) is 17.6. The van der Waals surface area contributed by atoms with Crippen LogP contribution in [0.1, 0.15) is 30.1 Å². The molecule has 2 unspecified atom stereocenters. The Kier molecular flexibility index (Phi) is 8.74. The van der Waals surface area contributed by atoms with E-state index in [0.717, 1.165) is 0 Å². The number of carbonyl (C=O) groups is 2. The number of carbonyl (C=O) groups excluding carboxylic acids is 2. The van der Waals surface area contributed by atoms with E-state index in [1.54, 1.807) is 6.07 Å². The zero-order valence-corrected chi connectivity index (χ0v) is 15.3. The minimum Gasteiger partial charge on any atom is -0.434 e. The summed E-state index contributed by atoms with van der Waals surface area (Å²) in [6.45, 7) is 0.164. The number of nitrogens with two attached hydrogens (primary N) is 1. The molecule has 0 aromatic heterocycles. The second-order valence-corrected chi connectivity index (χ2v) is 6.12. The van der Waals surface area contributed by atoms with Crippen molar-refractivity contribution in [1.82, 2.24) is 10.2 Å². The van der Waals surface area contributed by atoms with Crippen LogP contribution >= 0.6 is 12.4 Å². The number of nitrogens with zero attached hydrogens (tertiary/aromatic N) is 1. The minimum absolute atomic E-state index is 0. The lowest BCUT2D eigenvalue weighted by Crippen LogP contribution is -2.47. The molecule has 1 aliphatic heterocycles. The van der Waals surface area contributed by atoms with E-state index in [2.05, 4.69) is 10.1 Å². The molecule has 0 radical (unpaired) electrons. The molecule has 1 saturated heterocycles. The first-order valence-corrected chi connectivity index (χ1v) is 8.26. The maximum atomic E-state index is 12.8. The van der Waals surface area contributed by atoms with Crippen molar-refractivity contribution in [2.45, 2.75) is 32.4 Å². The van der Waals surface area contributed by atoms with Crippen molar-refractivity contribution in [3.63, 3.8) is 0 Å². The lowest BCUT2D eigenvalue weighted by Gasteiger charge is -2.25. The average molecular weight is 392 g/mol. The summed E-state index contributed by atoms with van der Waals surface area (Å²) in [4.78, 5) is 26.5. The Balaban J connectivity index is 0.00000338. The van der Waals surface area contributed by atoms with Gasteiger partial charge in [0.15, 0.2) is 0 Å². The van der Waals surface area contributed by atoms with Gasteiger partial charge >= 0.3 is 6.61 Å². The van der Waals surface area contributed by atoms with E-state index in [4.69, 9.17) is 5.73 Å². The summed E-state index contributed by atoms with van der Waals surface area (Å²) >= 11 is 0. The van der Waals surface area contributed by atoms with Gasteiger partial charge in [-0.15, -0.1) is 12.4 Å². The number of halogens is 3. The molecule has 3 N–H and O–H groups in total. The third-order valence-corrected chi connectivity index (χ3v) is 4.18. The van der Waals surface area contributed by atoms with Crippen LogP contribution in [0.25, 0.3) is 0 Å². The first-order valence-electron chi connectivity index (χ1n) is 8.26. The fraction of sp³-hybridized carbons (Fsp3) is 0.529. The number of rotatable bonds is 7. The molecule has 1 aromatic carbocycles. The van der Waals surface area contributed by atoms with Crippen molar-refractivity contribution in [2.75, 3.05) is 19.6 Å². The SMILES string of the molecule is CC(CN)CNC(=O)C1CCCN1C(=O)c1ccccc1OC(F)F.Cl. The van der Waals surface area contributed by atoms with Crippen LogP contribution in [0.3, 0.4) is 0 Å². The summed E-state index contributed by atoms with van der Waals surface area (Å²) in [5, 5.41) is 2.79. The predicted octanol–water partition coefficient (Wildman–Crippen LogP) is 2.03. The van der Waals surface area contributed by atoms with Gasteiger partial charge in [0.25, 0.3) is 5.91 Å². The van der Waals surface area contributed by atoms with Gasteiger partial charge in [-0.25, -0.2) is 0 Å². The summed E-state index contributed by atoms with van der Waals surface area (Å²) < 4.78 is 29.5. The number of likely N-dealkylation sites (tertiary alicyclic amines) is 1. The number of hydrogen-bond acceptors (Lipinski definition) is 4. The second-order valence-electron chi connectivity index (χ2n) is 6.12. The van der Waals surface area contributed by atoms with E-state index < -0.39 is 18.6 Å². The van der Waals surface area contributed by atoms with E-state index in [9.17, 15) is 18.4 Å². The largest absolute Gasteiger partial charge is 0.434 e. The van der Waals surface area contributed by atoms with Gasteiger partial charge in [0, 0.05) is 13.1 Å². The highest BCUT2D eigenvalue weighted by Gasteiger charge is 2.35. The molecular formula is C17H24ClF2N3O3. The predicted molar refractivity (Wildman–Crippen MR) is 95.6 cm³/mol. The van der Waals surface area contributed by atoms with Crippen LogP contribution in [-0.2, 0) is 4.79 Å². The lowest BCUT2D eigenvalue weighted by atomic mass is 10.1. The van der Waals surface area contributed by atoms with Gasteiger partial charge in [-0.2, -0.15) is 8.78 Å². The monoisotopic (exact) mass is 391 g/mol. The van der Waals surface area contributed by atoms with Gasteiger partial charge in [-0.3, -0.25) is 9.59 Å². The Morgan fingerprint density at radius 2 is 2.08 bits per heavy atom. The number of ether oxygens (including phenoxy) is 1. The van der Waals surface area contributed by atoms with E-state index in [-0.39, 0.29) is 35.5 Å². The molecule has 26 heavy (non-hydrogen) atoms. The molecule has 2 atom stereocenters. The fourth-order valence-electron chi connectivity index (χ4n) is 2.76. The molecule has 6 nitrogen and oxygen atoms in total. The fourth-order valence-corrected chi connectivity index (χ4v) is 2.76. The van der Waals surface area contributed by atoms with E-state index in [1.807, 2.05) is 6.92 Å². The first kappa shape index (κ1) is 22.1. The third kappa shape index (κ3) is 5.54. The Morgan fingerprint density at radius 1 is 1.38 bits per heavy atom. The molecule has 2 rings (SSSR count). The quantitative estimate of drug-likeness (QED) is 0.744. The minimum atomic E-state index is -3.02. The highest BCUT2D eigenvalue weighted by atomic mass is 35.5. The summed E-state index contributed by atoms with van der Waals surface area (Å²) in [5.74, 6) is -0.792. The van der Waals surface area contributed by atoms with Crippen LogP contribution in [0.4, 0.5) is 8.78 Å². The zero-order valence-electron chi connectivity index (χ0n) is 14.5. The summed E-state index contributed by atoms with van der Waals surface area (Å²) in [7, 11) is 0. The van der Waals surface area contributed by atoms with Crippen LogP contribution < -0.4 is 15.8 Å². The van der Waals surface area contributed by atoms with Crippen LogP contribution in [0, 0.1) is 5.92 Å². The third-order valence-electron chi connectivity index (χ3n) is 4.18. The van der Waals surface area contributed by atoms with Gasteiger partial charge in [0.05, 0.1) is 5.56 Å². The van der Waals surface area contributed by atoms with Crippen LogP contribution in [0.5, 0.6) is 5.75 Å². The number of para-hydroxylation sites is 1. The first-order chi connectivity index (χ1) is 11.9. The zero-order chi connectivity index (χ0) is 18.4. The molecule has 0 spiro atoms. The van der Waals surface area contributed by atoms with Gasteiger partial charge in [-0.05, 0) is 37.4 Å². The summed E-state index contributed by atoms with van der Waals surface area (Å²) in [5.41, 5.74) is 5.55. The number of nitrogens with one attached hydrogen (secondary N) is 1. The van der Waals surface area contributed by atoms with Crippen molar-refractivity contribution in [3.05, 3.63) is 29.8 Å². The maximum Gasteiger partial charge on any atom is 0.387 e. The second kappa shape index (κ2) is 10.3. The van der Waals surface area contributed by atoms with Gasteiger partial charge in [0.2, 0.25) is 5.91 Å². The average Bonchev–Trinajstić information content (AvgIpc) is 3.08. The Morgan fingerprint density at radius 3 is 2.73 bits per heavy atom. The highest BCUT2D eigenvalue weighted by Crippen LogP contribution is 2.26. The van der Waals surface area contributed by atoms with Crippen LogP contribution in [0.15, 0.2) is 24.3 Å². The van der Waals surface area contributed by atoms with Crippen molar-refractivity contribution in [3.8, 4) is 5.75 Å². The number of benzene rings is 1. The molecule has 0 bridgehead atoms. The van der Waals surface area contributed by atoms with Gasteiger partial charge < -0.3 is 20.7 Å². The Hall–Kier alpha value is -1.93. The van der Waals surface area contributed by atoms with E-state index in [0.29, 0.717) is 32.5 Å². The topological polar surface area (TPSA) is 84.7 Å². The van der Waals surface area contributed by atoms with E-state index >= 15 is 0 Å². The van der Waals surface area contributed by atoms with E-state index in [1.165, 1.54) is 23.1 Å². The van der Waals surface area contributed by atoms with Crippen LogP contribution in [0.2, 0.25) is 0 Å². The maximum absolute atomic E-state index is 12.8. The number of alkyl halides is 2. The van der Waals surface area contributed by atoms with Gasteiger partial charge in [0.1, 0.15) is 11.8 Å². The lowest BCUT2D eigenvalue weighted by molar-refractivity contribution is -0.125. The molecule has 0 saturated carbocycles. The Labute approximate surface area is 157 Å². The summed E-state index contributed by atoms with van der Waals surface area (Å²) in [6, 6.07) is 5.20. The molecular weight excluding hydrogens is 368 g/mol. The van der Waals surface area contributed by atoms with Crippen LogP contribution in [-0.4, -0.2) is 49.0 Å². The molecule has 1 heterocycles. The molecule has 0 aliphatic carbocycles. The molecule has 1 fully saturated rings. The number of amides is 2. The molecule has 1 aromatic rings. The standard InChI is InChI=1S/C17H23F2N3O3.ClH/c1-11(9-20)10-21-15(23)13-6-4-8-22(13)16(24)12-5-2-3-7-14(12)25-17(18)19;/h2-3,5,7,11,13,17H,4,6,8-10,20H2,1H3,(H,21,23);1H. The van der Waals surface area contributed by atoms with Crippen molar-refractivity contribution < 1.29 is 23.1 Å². The summed E-state index contributed by atoms with van der Waals surface area (Å²) in [6.07, 6.45) is 1.21. The molecule has 1 aliphatic rings. The molecule has 9 heteroatoms. The molecule has 2 amide bonds. The Bertz CT molecular complexity index is 619. The van der Waals surface area contributed by atoms with Gasteiger partial charge in [-0.1, -0.05) is 19.1 Å². The van der Waals surface area contributed by atoms with Crippen molar-refractivity contribution in [2.24, 2.45) is 11.7 Å². The van der Waals surface area contributed by atoms with Crippen molar-refractivity contribution in [1.29, 1.82) is 0 Å². The number of hydrogen-bond donors (Lipinski definition) is 2. The highest BCUT2D eigenvalue weighted by molar-refractivity contribution is 6.00. The smallest absolute Gasteiger partial charge is 0.387 e. The van der Waals surface area contributed by atoms with Crippen molar-refractivity contribution >= 4 is 24.2 Å².